The fourth-order valence-corrected chi connectivity index (χ4v) is 6.83. The average Bonchev–Trinajstić information content (AvgIpc) is 3.82. The minimum atomic E-state index is -0.820. The van der Waals surface area contributed by atoms with Gasteiger partial charge in [0, 0.05) is 50.8 Å². The lowest BCUT2D eigenvalue weighted by Crippen LogP contribution is -2.53. The second-order valence-corrected chi connectivity index (χ2v) is 14.4. The third-order valence-corrected chi connectivity index (χ3v) is 9.89. The fraction of sp³-hybridized carbons (Fsp3) is 0.622. The second-order valence-electron chi connectivity index (χ2n) is 13.5. The van der Waals surface area contributed by atoms with E-state index in [1.54, 1.807) is 24.3 Å². The molecule has 0 spiro atoms. The Bertz CT molecular complexity index is 1430. The number of thiazole rings is 1. The first kappa shape index (κ1) is 41.5. The standard InChI is InChI=1S/C37H55N5O8S/c1-23(2)30(42(6)36(46)33(27-13-14-27)41-32(44)15-17-49-18-16-38-5)21-31(50-25(4)43)35-40-29(22-51-35)34(45)39-28(19-24(3)37(47)48-7)20-26-11-9-8-10-12-26/h8-12,22-24,27-28,30-31,33,38H,13-21H2,1-7H3,(H,39,45)(H,41,44)/t24-,28+,30+,31+,33-/m0/s1. The number of likely N-dealkylation sites (N-methyl/N-ethyl adjacent to an activating group) is 2. The summed E-state index contributed by atoms with van der Waals surface area (Å²) in [5.41, 5.74) is 1.16. The summed E-state index contributed by atoms with van der Waals surface area (Å²) in [6.45, 7) is 8.48. The van der Waals surface area contributed by atoms with E-state index in [0.717, 1.165) is 18.4 Å². The number of ether oxygens (including phenoxy) is 3. The van der Waals surface area contributed by atoms with Crippen LogP contribution in [0.1, 0.15) is 87.0 Å². The molecule has 1 heterocycles. The van der Waals surface area contributed by atoms with Crippen molar-refractivity contribution in [3.05, 3.63) is 52.0 Å². The van der Waals surface area contributed by atoms with Crippen LogP contribution in [0.2, 0.25) is 0 Å². The highest BCUT2D eigenvalue weighted by atomic mass is 32.1. The van der Waals surface area contributed by atoms with E-state index < -0.39 is 29.9 Å². The molecule has 1 aromatic carbocycles. The highest BCUT2D eigenvalue weighted by molar-refractivity contribution is 7.09. The number of nitrogens with one attached hydrogen (secondary N) is 3. The molecular formula is C37H55N5O8S. The van der Waals surface area contributed by atoms with Crippen LogP contribution in [0.3, 0.4) is 0 Å². The van der Waals surface area contributed by atoms with Gasteiger partial charge in [0.15, 0.2) is 6.10 Å². The van der Waals surface area contributed by atoms with Crippen LogP contribution in [0.25, 0.3) is 0 Å². The zero-order valence-electron chi connectivity index (χ0n) is 30.9. The predicted molar refractivity (Wildman–Crippen MR) is 194 cm³/mol. The first-order valence-corrected chi connectivity index (χ1v) is 18.6. The van der Waals surface area contributed by atoms with Crippen molar-refractivity contribution in [3.8, 4) is 0 Å². The van der Waals surface area contributed by atoms with Crippen LogP contribution in [0, 0.1) is 17.8 Å². The molecule has 1 aliphatic carbocycles. The minimum absolute atomic E-state index is 0.0357. The SMILES string of the molecule is CNCCOCCC(=O)N[C@H](C(=O)N(C)[C@H](C[C@@H](OC(C)=O)c1nc(C(=O)N[C@@H](Cc2ccccc2)C[C@H](C)C(=O)OC)cs1)C(C)C)C1CC1. The van der Waals surface area contributed by atoms with Crippen LogP contribution in [-0.2, 0) is 39.8 Å². The Morgan fingerprint density at radius 3 is 2.33 bits per heavy atom. The van der Waals surface area contributed by atoms with Gasteiger partial charge in [0.1, 0.15) is 16.7 Å². The van der Waals surface area contributed by atoms with E-state index in [1.807, 2.05) is 51.2 Å². The van der Waals surface area contributed by atoms with Crippen molar-refractivity contribution in [2.45, 2.75) is 90.4 Å². The van der Waals surface area contributed by atoms with E-state index in [9.17, 15) is 24.0 Å². The minimum Gasteiger partial charge on any atom is -0.469 e. The molecule has 5 atom stereocenters. The lowest BCUT2D eigenvalue weighted by molar-refractivity contribution is -0.149. The van der Waals surface area contributed by atoms with E-state index in [0.29, 0.717) is 31.0 Å². The number of nitrogens with zero attached hydrogens (tertiary/aromatic N) is 2. The zero-order valence-corrected chi connectivity index (χ0v) is 31.8. The summed E-state index contributed by atoms with van der Waals surface area (Å²) in [6.07, 6.45) is 2.15. The molecule has 1 fully saturated rings. The molecule has 1 saturated carbocycles. The smallest absolute Gasteiger partial charge is 0.308 e. The van der Waals surface area contributed by atoms with Gasteiger partial charge < -0.3 is 35.1 Å². The first-order valence-electron chi connectivity index (χ1n) is 17.7. The number of carbonyl (C=O) groups excluding carboxylic acids is 5. The number of hydrogen-bond acceptors (Lipinski definition) is 11. The summed E-state index contributed by atoms with van der Waals surface area (Å²) in [7, 11) is 4.88. The van der Waals surface area contributed by atoms with Crippen molar-refractivity contribution < 1.29 is 38.2 Å². The summed E-state index contributed by atoms with van der Waals surface area (Å²) in [5.74, 6) is -2.15. The Labute approximate surface area is 305 Å². The van der Waals surface area contributed by atoms with E-state index in [4.69, 9.17) is 14.2 Å². The Hall–Kier alpha value is -3.88. The maximum atomic E-state index is 13.9. The number of rotatable bonds is 22. The number of esters is 2. The monoisotopic (exact) mass is 729 g/mol. The van der Waals surface area contributed by atoms with Gasteiger partial charge >= 0.3 is 11.9 Å². The topological polar surface area (TPSA) is 165 Å². The molecule has 0 bridgehead atoms. The predicted octanol–water partition coefficient (Wildman–Crippen LogP) is 3.68. The van der Waals surface area contributed by atoms with Crippen LogP contribution in [0.15, 0.2) is 35.7 Å². The maximum absolute atomic E-state index is 13.9. The molecule has 3 amide bonds. The zero-order chi connectivity index (χ0) is 37.5. The average molecular weight is 730 g/mol. The van der Waals surface area contributed by atoms with E-state index in [-0.39, 0.29) is 66.8 Å². The van der Waals surface area contributed by atoms with Crippen molar-refractivity contribution in [1.82, 2.24) is 25.8 Å². The molecule has 1 aliphatic rings. The lowest BCUT2D eigenvalue weighted by atomic mass is 9.95. The molecule has 1 aromatic heterocycles. The molecule has 0 unspecified atom stereocenters. The molecule has 0 radical (unpaired) electrons. The van der Waals surface area contributed by atoms with Crippen LogP contribution in [0.4, 0.5) is 0 Å². The maximum Gasteiger partial charge on any atom is 0.308 e. The largest absolute Gasteiger partial charge is 0.469 e. The summed E-state index contributed by atoms with van der Waals surface area (Å²) in [5, 5.41) is 11.0. The number of amides is 3. The highest BCUT2D eigenvalue weighted by Crippen LogP contribution is 2.35. The van der Waals surface area contributed by atoms with Gasteiger partial charge in [-0.2, -0.15) is 0 Å². The third-order valence-electron chi connectivity index (χ3n) is 8.96. The number of carbonyl (C=O) groups is 5. The quantitative estimate of drug-likeness (QED) is 0.120. The number of hydrogen-bond donors (Lipinski definition) is 3. The lowest BCUT2D eigenvalue weighted by Gasteiger charge is -2.35. The molecule has 3 N–H and O–H groups in total. The van der Waals surface area contributed by atoms with E-state index in [2.05, 4.69) is 20.9 Å². The summed E-state index contributed by atoms with van der Waals surface area (Å²) in [4.78, 5) is 70.9. The van der Waals surface area contributed by atoms with Gasteiger partial charge in [-0.1, -0.05) is 51.1 Å². The van der Waals surface area contributed by atoms with Crippen molar-refractivity contribution in [2.75, 3.05) is 41.0 Å². The van der Waals surface area contributed by atoms with Gasteiger partial charge in [-0.15, -0.1) is 11.3 Å². The van der Waals surface area contributed by atoms with Gasteiger partial charge in [0.2, 0.25) is 11.8 Å². The molecule has 0 saturated heterocycles. The highest BCUT2D eigenvalue weighted by Gasteiger charge is 2.41. The van der Waals surface area contributed by atoms with Crippen molar-refractivity contribution >= 4 is 41.0 Å². The number of methoxy groups -OCH3 is 1. The third kappa shape index (κ3) is 13.6. The molecular weight excluding hydrogens is 675 g/mol. The summed E-state index contributed by atoms with van der Waals surface area (Å²) < 4.78 is 16.1. The normalized spacial score (nSPS) is 15.6. The molecule has 0 aliphatic heterocycles. The summed E-state index contributed by atoms with van der Waals surface area (Å²) in [6, 6.07) is 8.26. The number of aromatic nitrogens is 1. The van der Waals surface area contributed by atoms with Crippen LogP contribution >= 0.6 is 11.3 Å². The Morgan fingerprint density at radius 1 is 1.02 bits per heavy atom. The molecule has 3 rings (SSSR count). The molecule has 282 valence electrons. The van der Waals surface area contributed by atoms with Crippen molar-refractivity contribution in [3.63, 3.8) is 0 Å². The van der Waals surface area contributed by atoms with Gasteiger partial charge in [-0.3, -0.25) is 24.0 Å². The van der Waals surface area contributed by atoms with Gasteiger partial charge in [0.05, 0.1) is 26.2 Å². The van der Waals surface area contributed by atoms with Crippen LogP contribution < -0.4 is 16.0 Å². The first-order chi connectivity index (χ1) is 24.3. The van der Waals surface area contributed by atoms with E-state index in [1.165, 1.54) is 25.4 Å². The molecule has 13 nitrogen and oxygen atoms in total. The second kappa shape index (κ2) is 20.8. The van der Waals surface area contributed by atoms with E-state index >= 15 is 0 Å². The molecule has 2 aromatic rings. The van der Waals surface area contributed by atoms with Crippen LogP contribution in [-0.4, -0.2) is 98.6 Å². The van der Waals surface area contributed by atoms with Crippen LogP contribution in [0.5, 0.6) is 0 Å². The van der Waals surface area contributed by atoms with Crippen molar-refractivity contribution in [1.29, 1.82) is 0 Å². The van der Waals surface area contributed by atoms with Crippen molar-refractivity contribution in [2.24, 2.45) is 17.8 Å². The molecule has 51 heavy (non-hydrogen) atoms. The Kier molecular flexibility index (Phi) is 17.0. The fourth-order valence-electron chi connectivity index (χ4n) is 5.99. The molecule has 14 heteroatoms. The Morgan fingerprint density at radius 2 is 1.73 bits per heavy atom. The van der Waals surface area contributed by atoms with Gasteiger partial charge in [-0.05, 0) is 50.1 Å². The van der Waals surface area contributed by atoms with Gasteiger partial charge in [-0.25, -0.2) is 4.98 Å². The van der Waals surface area contributed by atoms with Gasteiger partial charge in [0.25, 0.3) is 5.91 Å². The summed E-state index contributed by atoms with van der Waals surface area (Å²) >= 11 is 1.20. The number of benzene rings is 1. The Balaban J connectivity index is 1.74.